The Morgan fingerprint density at radius 1 is 0.971 bits per heavy atom. The Morgan fingerprint density at radius 2 is 1.69 bits per heavy atom. The minimum Gasteiger partial charge on any atom is -0.449 e. The summed E-state index contributed by atoms with van der Waals surface area (Å²) in [6.45, 7) is 2.56. The molecular formula is C27H28N2O5S. The van der Waals surface area contributed by atoms with Gasteiger partial charge in [0.25, 0.3) is 5.91 Å². The third-order valence-electron chi connectivity index (χ3n) is 6.01. The van der Waals surface area contributed by atoms with Crippen molar-refractivity contribution in [3.8, 4) is 0 Å². The molecule has 1 amide bonds. The van der Waals surface area contributed by atoms with Crippen molar-refractivity contribution in [2.45, 2.75) is 37.3 Å². The van der Waals surface area contributed by atoms with Crippen molar-refractivity contribution in [2.75, 3.05) is 13.1 Å². The summed E-state index contributed by atoms with van der Waals surface area (Å²) in [7, 11) is -3.80. The predicted octanol–water partition coefficient (Wildman–Crippen LogP) is 3.34. The van der Waals surface area contributed by atoms with Crippen LogP contribution in [-0.4, -0.2) is 43.8 Å². The second-order valence-electron chi connectivity index (χ2n) is 8.46. The Kier molecular flexibility index (Phi) is 7.63. The molecule has 1 aliphatic heterocycles. The van der Waals surface area contributed by atoms with Gasteiger partial charge in [0, 0.05) is 19.6 Å². The fraction of sp³-hybridized carbons (Fsp3) is 0.259. The molecule has 0 fully saturated rings. The van der Waals surface area contributed by atoms with Gasteiger partial charge in [-0.25, -0.2) is 13.2 Å². The highest BCUT2D eigenvalue weighted by Gasteiger charge is 2.29. The molecule has 0 aliphatic carbocycles. The topological polar surface area (TPSA) is 92.8 Å². The lowest BCUT2D eigenvalue weighted by Gasteiger charge is -2.28. The van der Waals surface area contributed by atoms with E-state index in [1.54, 1.807) is 0 Å². The fourth-order valence-corrected chi connectivity index (χ4v) is 5.47. The van der Waals surface area contributed by atoms with Gasteiger partial charge in [-0.1, -0.05) is 60.7 Å². The summed E-state index contributed by atoms with van der Waals surface area (Å²) in [5.74, 6) is -1.17. The van der Waals surface area contributed by atoms with Crippen LogP contribution in [0, 0.1) is 0 Å². The summed E-state index contributed by atoms with van der Waals surface area (Å²) in [4.78, 5) is 25.0. The van der Waals surface area contributed by atoms with Crippen molar-refractivity contribution >= 4 is 21.9 Å². The predicted molar refractivity (Wildman–Crippen MR) is 132 cm³/mol. The number of amides is 1. The molecule has 8 heteroatoms. The maximum Gasteiger partial charge on any atom is 0.338 e. The van der Waals surface area contributed by atoms with Crippen LogP contribution in [0.3, 0.4) is 0 Å². The third kappa shape index (κ3) is 5.96. The largest absolute Gasteiger partial charge is 0.449 e. The minimum atomic E-state index is -3.80. The summed E-state index contributed by atoms with van der Waals surface area (Å²) in [6.07, 6.45) is 0.277. The van der Waals surface area contributed by atoms with E-state index in [1.165, 1.54) is 35.5 Å². The highest BCUT2D eigenvalue weighted by Crippen LogP contribution is 2.25. The van der Waals surface area contributed by atoms with Crippen molar-refractivity contribution in [3.63, 3.8) is 0 Å². The number of sulfonamides is 1. The lowest BCUT2D eigenvalue weighted by atomic mass is 10.0. The first-order valence-electron chi connectivity index (χ1n) is 11.5. The van der Waals surface area contributed by atoms with Crippen LogP contribution in [0.4, 0.5) is 0 Å². The van der Waals surface area contributed by atoms with Gasteiger partial charge in [-0.2, -0.15) is 4.31 Å². The maximum atomic E-state index is 13.2. The van der Waals surface area contributed by atoms with E-state index in [0.717, 1.165) is 16.7 Å². The molecule has 0 spiro atoms. The van der Waals surface area contributed by atoms with E-state index in [0.29, 0.717) is 25.9 Å². The first-order chi connectivity index (χ1) is 16.8. The standard InChI is InChI=1S/C27H28N2O5S/c1-20(26(30)28-16-14-21-8-3-2-4-9-21)34-27(31)23-12-7-13-25(18-23)35(32,33)29-17-15-22-10-5-6-11-24(22)19-29/h2-13,18,20H,14-17,19H2,1H3,(H,28,30). The number of fused-ring (bicyclic) bond motifs is 1. The summed E-state index contributed by atoms with van der Waals surface area (Å²) < 4.78 is 33.2. The van der Waals surface area contributed by atoms with Crippen LogP contribution in [0.15, 0.2) is 83.8 Å². The van der Waals surface area contributed by atoms with E-state index in [9.17, 15) is 18.0 Å². The van der Waals surface area contributed by atoms with E-state index in [-0.39, 0.29) is 17.0 Å². The summed E-state index contributed by atoms with van der Waals surface area (Å²) in [6, 6.07) is 23.3. The molecule has 1 aliphatic rings. The van der Waals surface area contributed by atoms with Crippen molar-refractivity contribution in [1.82, 2.24) is 9.62 Å². The molecule has 1 heterocycles. The second kappa shape index (κ2) is 10.8. The van der Waals surface area contributed by atoms with Crippen LogP contribution in [0.2, 0.25) is 0 Å². The zero-order chi connectivity index (χ0) is 24.8. The summed E-state index contributed by atoms with van der Waals surface area (Å²) in [5, 5.41) is 2.76. The Labute approximate surface area is 205 Å². The number of nitrogens with one attached hydrogen (secondary N) is 1. The minimum absolute atomic E-state index is 0.0197. The molecule has 1 N–H and O–H groups in total. The molecular weight excluding hydrogens is 464 g/mol. The quantitative estimate of drug-likeness (QED) is 0.487. The van der Waals surface area contributed by atoms with Crippen LogP contribution in [0.5, 0.6) is 0 Å². The SMILES string of the molecule is CC(OC(=O)c1cccc(S(=O)(=O)N2CCc3ccccc3C2)c1)C(=O)NCCc1ccccc1. The first-order valence-corrected chi connectivity index (χ1v) is 13.0. The smallest absolute Gasteiger partial charge is 0.338 e. The van der Waals surface area contributed by atoms with E-state index < -0.39 is 28.0 Å². The Hall–Kier alpha value is -3.49. The van der Waals surface area contributed by atoms with Gasteiger partial charge in [0.05, 0.1) is 10.5 Å². The number of carbonyl (C=O) groups excluding carboxylic acids is 2. The molecule has 0 aromatic heterocycles. The number of rotatable bonds is 8. The van der Waals surface area contributed by atoms with Crippen LogP contribution >= 0.6 is 0 Å². The fourth-order valence-electron chi connectivity index (χ4n) is 4.01. The number of benzene rings is 3. The zero-order valence-electron chi connectivity index (χ0n) is 19.5. The Bertz CT molecular complexity index is 1310. The molecule has 0 saturated heterocycles. The maximum absolute atomic E-state index is 13.2. The van der Waals surface area contributed by atoms with Gasteiger partial charge in [0.2, 0.25) is 10.0 Å². The van der Waals surface area contributed by atoms with Crippen molar-refractivity contribution < 1.29 is 22.7 Å². The second-order valence-corrected chi connectivity index (χ2v) is 10.4. The molecule has 1 atom stereocenters. The zero-order valence-corrected chi connectivity index (χ0v) is 20.3. The van der Waals surface area contributed by atoms with Gasteiger partial charge < -0.3 is 10.1 Å². The Balaban J connectivity index is 1.37. The molecule has 4 rings (SSSR count). The molecule has 0 bridgehead atoms. The molecule has 7 nitrogen and oxygen atoms in total. The number of hydrogen-bond acceptors (Lipinski definition) is 5. The van der Waals surface area contributed by atoms with Gasteiger partial charge in [-0.15, -0.1) is 0 Å². The average molecular weight is 493 g/mol. The summed E-state index contributed by atoms with van der Waals surface area (Å²) >= 11 is 0. The first kappa shape index (κ1) is 24.6. The van der Waals surface area contributed by atoms with Gasteiger partial charge >= 0.3 is 5.97 Å². The van der Waals surface area contributed by atoms with E-state index in [1.807, 2.05) is 54.6 Å². The number of carbonyl (C=O) groups is 2. The van der Waals surface area contributed by atoms with Crippen LogP contribution in [0.1, 0.15) is 34.0 Å². The number of nitrogens with zero attached hydrogens (tertiary/aromatic N) is 1. The van der Waals surface area contributed by atoms with Crippen LogP contribution < -0.4 is 5.32 Å². The highest BCUT2D eigenvalue weighted by molar-refractivity contribution is 7.89. The molecule has 35 heavy (non-hydrogen) atoms. The monoisotopic (exact) mass is 492 g/mol. The lowest BCUT2D eigenvalue weighted by molar-refractivity contribution is -0.129. The lowest BCUT2D eigenvalue weighted by Crippen LogP contribution is -2.37. The molecule has 3 aromatic carbocycles. The molecule has 0 saturated carbocycles. The molecule has 3 aromatic rings. The van der Waals surface area contributed by atoms with E-state index in [4.69, 9.17) is 4.74 Å². The van der Waals surface area contributed by atoms with Gasteiger partial charge in [0.15, 0.2) is 6.10 Å². The average Bonchev–Trinajstić information content (AvgIpc) is 2.89. The third-order valence-corrected chi connectivity index (χ3v) is 7.85. The number of ether oxygens (including phenoxy) is 1. The van der Waals surface area contributed by atoms with Crippen molar-refractivity contribution in [3.05, 3.63) is 101 Å². The van der Waals surface area contributed by atoms with Gasteiger partial charge in [0.1, 0.15) is 0 Å². The van der Waals surface area contributed by atoms with Gasteiger partial charge in [-0.05, 0) is 54.7 Å². The number of hydrogen-bond donors (Lipinski definition) is 1. The normalized spacial score (nSPS) is 14.5. The van der Waals surface area contributed by atoms with E-state index in [2.05, 4.69) is 5.32 Å². The van der Waals surface area contributed by atoms with Gasteiger partial charge in [-0.3, -0.25) is 4.79 Å². The van der Waals surface area contributed by atoms with Crippen molar-refractivity contribution in [1.29, 1.82) is 0 Å². The molecule has 182 valence electrons. The molecule has 1 unspecified atom stereocenters. The number of esters is 1. The highest BCUT2D eigenvalue weighted by atomic mass is 32.2. The molecule has 0 radical (unpaired) electrons. The van der Waals surface area contributed by atoms with Crippen LogP contribution in [0.25, 0.3) is 0 Å². The van der Waals surface area contributed by atoms with E-state index >= 15 is 0 Å². The Morgan fingerprint density at radius 3 is 2.46 bits per heavy atom. The summed E-state index contributed by atoms with van der Waals surface area (Å²) in [5.41, 5.74) is 3.29. The van der Waals surface area contributed by atoms with Crippen molar-refractivity contribution in [2.24, 2.45) is 0 Å². The van der Waals surface area contributed by atoms with Crippen LogP contribution in [-0.2, 0) is 38.9 Å².